The van der Waals surface area contributed by atoms with Gasteiger partial charge in [0.2, 0.25) is 0 Å². The standard InChI is InChI=1S/C12H18N2/c1-2-5-11(6-3-1)9-14-12-7-4-8-13-10-12/h4,7-8,10-11,14H,1-3,5-6,9H2. The van der Waals surface area contributed by atoms with Gasteiger partial charge in [-0.1, -0.05) is 19.3 Å². The molecule has 1 fully saturated rings. The van der Waals surface area contributed by atoms with Gasteiger partial charge in [-0.3, -0.25) is 4.98 Å². The number of pyridine rings is 1. The highest BCUT2D eigenvalue weighted by molar-refractivity contribution is 5.39. The molecule has 1 N–H and O–H groups in total. The first kappa shape index (κ1) is 9.50. The van der Waals surface area contributed by atoms with Gasteiger partial charge in [-0.05, 0) is 30.9 Å². The first-order valence-electron chi connectivity index (χ1n) is 5.59. The molecule has 0 aromatic carbocycles. The van der Waals surface area contributed by atoms with Gasteiger partial charge < -0.3 is 5.32 Å². The number of anilines is 1. The predicted molar refractivity (Wildman–Crippen MR) is 59.3 cm³/mol. The van der Waals surface area contributed by atoms with Crippen LogP contribution in [-0.4, -0.2) is 11.5 Å². The average molecular weight is 190 g/mol. The van der Waals surface area contributed by atoms with Crippen LogP contribution in [0.3, 0.4) is 0 Å². The van der Waals surface area contributed by atoms with Crippen LogP contribution in [0, 0.1) is 5.92 Å². The molecule has 1 aromatic heterocycles. The molecular formula is C12H18N2. The Balaban J connectivity index is 1.76. The van der Waals surface area contributed by atoms with E-state index in [1.807, 2.05) is 18.5 Å². The maximum Gasteiger partial charge on any atom is 0.0526 e. The molecule has 0 saturated heterocycles. The summed E-state index contributed by atoms with van der Waals surface area (Å²) in [6, 6.07) is 4.05. The number of nitrogens with one attached hydrogen (secondary N) is 1. The molecule has 14 heavy (non-hydrogen) atoms. The number of nitrogens with zero attached hydrogens (tertiary/aromatic N) is 1. The van der Waals surface area contributed by atoms with Gasteiger partial charge >= 0.3 is 0 Å². The number of hydrogen-bond donors (Lipinski definition) is 1. The van der Waals surface area contributed by atoms with Crippen LogP contribution in [0.1, 0.15) is 32.1 Å². The van der Waals surface area contributed by atoms with Crippen molar-refractivity contribution in [3.05, 3.63) is 24.5 Å². The lowest BCUT2D eigenvalue weighted by Gasteiger charge is -2.22. The number of aromatic nitrogens is 1. The Morgan fingerprint density at radius 3 is 2.86 bits per heavy atom. The van der Waals surface area contributed by atoms with Crippen LogP contribution < -0.4 is 5.32 Å². The summed E-state index contributed by atoms with van der Waals surface area (Å²) in [6.45, 7) is 1.12. The van der Waals surface area contributed by atoms with E-state index in [0.717, 1.165) is 18.2 Å². The van der Waals surface area contributed by atoms with Crippen molar-refractivity contribution in [1.29, 1.82) is 0 Å². The largest absolute Gasteiger partial charge is 0.384 e. The molecule has 76 valence electrons. The highest BCUT2D eigenvalue weighted by atomic mass is 14.9. The Hall–Kier alpha value is -1.05. The normalized spacial score (nSPS) is 18.0. The van der Waals surface area contributed by atoms with Crippen LogP contribution in [0.2, 0.25) is 0 Å². The lowest BCUT2D eigenvalue weighted by atomic mass is 9.89. The van der Waals surface area contributed by atoms with Crippen molar-refractivity contribution in [1.82, 2.24) is 4.98 Å². The summed E-state index contributed by atoms with van der Waals surface area (Å²) in [5, 5.41) is 3.45. The fraction of sp³-hybridized carbons (Fsp3) is 0.583. The van der Waals surface area contributed by atoms with Crippen LogP contribution in [0.4, 0.5) is 5.69 Å². The summed E-state index contributed by atoms with van der Waals surface area (Å²) in [5.74, 6) is 0.879. The van der Waals surface area contributed by atoms with Crippen molar-refractivity contribution in [2.24, 2.45) is 5.92 Å². The number of rotatable bonds is 3. The maximum absolute atomic E-state index is 4.09. The molecule has 0 spiro atoms. The van der Waals surface area contributed by atoms with Crippen molar-refractivity contribution in [3.8, 4) is 0 Å². The average Bonchev–Trinajstić information content (AvgIpc) is 2.29. The monoisotopic (exact) mass is 190 g/mol. The molecule has 2 heteroatoms. The molecule has 1 aliphatic rings. The molecule has 0 radical (unpaired) electrons. The summed E-state index contributed by atoms with van der Waals surface area (Å²) in [6.07, 6.45) is 10.8. The molecule has 2 rings (SSSR count). The van der Waals surface area contributed by atoms with Crippen molar-refractivity contribution in [3.63, 3.8) is 0 Å². The maximum atomic E-state index is 4.09. The smallest absolute Gasteiger partial charge is 0.0526 e. The van der Waals surface area contributed by atoms with E-state index < -0.39 is 0 Å². The third-order valence-electron chi connectivity index (χ3n) is 2.98. The van der Waals surface area contributed by atoms with E-state index in [1.165, 1.54) is 32.1 Å². The molecule has 2 nitrogen and oxygen atoms in total. The summed E-state index contributed by atoms with van der Waals surface area (Å²) in [4.78, 5) is 4.09. The first-order valence-corrected chi connectivity index (χ1v) is 5.59. The van der Waals surface area contributed by atoms with Crippen molar-refractivity contribution in [2.75, 3.05) is 11.9 Å². The second-order valence-corrected chi connectivity index (χ2v) is 4.13. The van der Waals surface area contributed by atoms with Crippen LogP contribution in [0.15, 0.2) is 24.5 Å². The van der Waals surface area contributed by atoms with Crippen LogP contribution in [0.5, 0.6) is 0 Å². The fourth-order valence-corrected chi connectivity index (χ4v) is 2.12. The van der Waals surface area contributed by atoms with E-state index in [2.05, 4.69) is 16.4 Å². The van der Waals surface area contributed by atoms with Crippen LogP contribution in [0.25, 0.3) is 0 Å². The Kier molecular flexibility index (Phi) is 3.39. The first-order chi connectivity index (χ1) is 6.95. The molecule has 1 heterocycles. The molecule has 0 unspecified atom stereocenters. The molecule has 0 aliphatic heterocycles. The highest BCUT2D eigenvalue weighted by Gasteiger charge is 2.12. The Morgan fingerprint density at radius 1 is 1.29 bits per heavy atom. The third-order valence-corrected chi connectivity index (χ3v) is 2.98. The fourth-order valence-electron chi connectivity index (χ4n) is 2.12. The summed E-state index contributed by atoms with van der Waals surface area (Å²) >= 11 is 0. The lowest BCUT2D eigenvalue weighted by molar-refractivity contribution is 0.373. The van der Waals surface area contributed by atoms with Gasteiger partial charge in [0.15, 0.2) is 0 Å². The Morgan fingerprint density at radius 2 is 2.14 bits per heavy atom. The van der Waals surface area contributed by atoms with Gasteiger partial charge in [0.05, 0.1) is 5.69 Å². The van der Waals surface area contributed by atoms with E-state index in [9.17, 15) is 0 Å². The zero-order chi connectivity index (χ0) is 9.64. The SMILES string of the molecule is c1cncc(NCC2CCCCC2)c1. The van der Waals surface area contributed by atoms with Crippen molar-refractivity contribution in [2.45, 2.75) is 32.1 Å². The van der Waals surface area contributed by atoms with Gasteiger partial charge in [-0.2, -0.15) is 0 Å². The van der Waals surface area contributed by atoms with Crippen molar-refractivity contribution >= 4 is 5.69 Å². The van der Waals surface area contributed by atoms with E-state index in [4.69, 9.17) is 0 Å². The predicted octanol–water partition coefficient (Wildman–Crippen LogP) is 3.07. The lowest BCUT2D eigenvalue weighted by Crippen LogP contribution is -2.17. The highest BCUT2D eigenvalue weighted by Crippen LogP contribution is 2.23. The topological polar surface area (TPSA) is 24.9 Å². The Bertz CT molecular complexity index is 252. The molecule has 0 amide bonds. The Labute approximate surface area is 85.7 Å². The van der Waals surface area contributed by atoms with E-state index >= 15 is 0 Å². The minimum atomic E-state index is 0.879. The van der Waals surface area contributed by atoms with Gasteiger partial charge in [0.25, 0.3) is 0 Å². The number of hydrogen-bond acceptors (Lipinski definition) is 2. The molecule has 1 aromatic rings. The van der Waals surface area contributed by atoms with E-state index in [1.54, 1.807) is 0 Å². The van der Waals surface area contributed by atoms with Gasteiger partial charge in [-0.25, -0.2) is 0 Å². The summed E-state index contributed by atoms with van der Waals surface area (Å²) < 4.78 is 0. The zero-order valence-electron chi connectivity index (χ0n) is 8.58. The van der Waals surface area contributed by atoms with Gasteiger partial charge in [-0.15, -0.1) is 0 Å². The summed E-state index contributed by atoms with van der Waals surface area (Å²) in [5.41, 5.74) is 1.15. The van der Waals surface area contributed by atoms with E-state index in [0.29, 0.717) is 0 Å². The minimum Gasteiger partial charge on any atom is -0.384 e. The quantitative estimate of drug-likeness (QED) is 0.792. The second kappa shape index (κ2) is 4.99. The molecular weight excluding hydrogens is 172 g/mol. The molecule has 0 atom stereocenters. The van der Waals surface area contributed by atoms with Gasteiger partial charge in [0.1, 0.15) is 0 Å². The van der Waals surface area contributed by atoms with Gasteiger partial charge in [0, 0.05) is 18.9 Å². The molecule has 1 saturated carbocycles. The minimum absolute atomic E-state index is 0.879. The van der Waals surface area contributed by atoms with Crippen LogP contribution in [-0.2, 0) is 0 Å². The molecule has 0 bridgehead atoms. The van der Waals surface area contributed by atoms with Crippen LogP contribution >= 0.6 is 0 Å². The second-order valence-electron chi connectivity index (χ2n) is 4.13. The summed E-state index contributed by atoms with van der Waals surface area (Å²) in [7, 11) is 0. The van der Waals surface area contributed by atoms with Crippen molar-refractivity contribution < 1.29 is 0 Å². The zero-order valence-corrected chi connectivity index (χ0v) is 8.58. The molecule has 1 aliphatic carbocycles. The van der Waals surface area contributed by atoms with E-state index in [-0.39, 0.29) is 0 Å². The third kappa shape index (κ3) is 2.72.